The van der Waals surface area contributed by atoms with E-state index in [1.165, 1.54) is 19.2 Å². The Morgan fingerprint density at radius 2 is 1.64 bits per heavy atom. The summed E-state index contributed by atoms with van der Waals surface area (Å²) in [6, 6.07) is 12.9. The normalized spacial score (nSPS) is 11.0. The molecule has 0 aromatic heterocycles. The van der Waals surface area contributed by atoms with E-state index in [2.05, 4.69) is 0 Å². The predicted molar refractivity (Wildman–Crippen MR) is 95.3 cm³/mol. The van der Waals surface area contributed by atoms with Crippen molar-refractivity contribution in [1.82, 2.24) is 0 Å². The van der Waals surface area contributed by atoms with Crippen LogP contribution in [0, 0.1) is 6.92 Å². The maximum Gasteiger partial charge on any atom is 0.326 e. The highest BCUT2D eigenvalue weighted by atomic mass is 32.2. The van der Waals surface area contributed by atoms with E-state index in [4.69, 9.17) is 9.47 Å². The Morgan fingerprint density at radius 3 is 2.16 bits per heavy atom. The topological polar surface area (TPSA) is 72.9 Å². The van der Waals surface area contributed by atoms with Gasteiger partial charge in [0.1, 0.15) is 12.3 Å². The van der Waals surface area contributed by atoms with Crippen LogP contribution in [-0.4, -0.2) is 34.6 Å². The van der Waals surface area contributed by atoms with Gasteiger partial charge in [-0.05, 0) is 50.2 Å². The Balaban J connectivity index is 2.45. The summed E-state index contributed by atoms with van der Waals surface area (Å²) in [7, 11) is -2.39. The zero-order valence-electron chi connectivity index (χ0n) is 14.4. The van der Waals surface area contributed by atoms with Gasteiger partial charge in [0.05, 0.1) is 24.3 Å². The van der Waals surface area contributed by atoms with Gasteiger partial charge in [-0.2, -0.15) is 0 Å². The van der Waals surface area contributed by atoms with Crippen LogP contribution >= 0.6 is 0 Å². The summed E-state index contributed by atoms with van der Waals surface area (Å²) in [5.74, 6) is -0.0263. The third-order valence-corrected chi connectivity index (χ3v) is 5.34. The first-order valence-electron chi connectivity index (χ1n) is 7.77. The van der Waals surface area contributed by atoms with E-state index < -0.39 is 22.5 Å². The SMILES string of the molecule is CCOC(=O)CN(c1ccc(OC)cc1)S(=O)(=O)c1ccc(C)cc1. The first-order valence-corrected chi connectivity index (χ1v) is 9.21. The lowest BCUT2D eigenvalue weighted by Crippen LogP contribution is -2.36. The largest absolute Gasteiger partial charge is 0.497 e. The minimum atomic E-state index is -3.91. The van der Waals surface area contributed by atoms with Crippen LogP contribution in [0.5, 0.6) is 5.75 Å². The number of carbonyl (C=O) groups is 1. The van der Waals surface area contributed by atoms with E-state index in [9.17, 15) is 13.2 Å². The number of ether oxygens (including phenoxy) is 2. The summed E-state index contributed by atoms with van der Waals surface area (Å²) in [5.41, 5.74) is 1.30. The number of esters is 1. The quantitative estimate of drug-likeness (QED) is 0.707. The van der Waals surface area contributed by atoms with Crippen LogP contribution in [0.3, 0.4) is 0 Å². The molecule has 7 heteroatoms. The van der Waals surface area contributed by atoms with Crippen molar-refractivity contribution in [2.75, 3.05) is 24.6 Å². The third kappa shape index (κ3) is 4.51. The molecule has 0 aliphatic carbocycles. The smallest absolute Gasteiger partial charge is 0.326 e. The molecule has 0 saturated heterocycles. The molecule has 0 aliphatic rings. The second-order valence-electron chi connectivity index (χ2n) is 5.33. The van der Waals surface area contributed by atoms with E-state index in [0.717, 1.165) is 9.87 Å². The van der Waals surface area contributed by atoms with Gasteiger partial charge in [-0.25, -0.2) is 8.42 Å². The molecular formula is C18H21NO5S. The molecule has 0 heterocycles. The van der Waals surface area contributed by atoms with Gasteiger partial charge in [0.2, 0.25) is 0 Å². The van der Waals surface area contributed by atoms with Gasteiger partial charge in [-0.3, -0.25) is 9.10 Å². The fraction of sp³-hybridized carbons (Fsp3) is 0.278. The Kier molecular flexibility index (Phi) is 6.03. The molecule has 2 aromatic rings. The van der Waals surface area contributed by atoms with Gasteiger partial charge in [-0.15, -0.1) is 0 Å². The first kappa shape index (κ1) is 18.8. The number of anilines is 1. The predicted octanol–water partition coefficient (Wildman–Crippen LogP) is 2.76. The number of hydrogen-bond acceptors (Lipinski definition) is 5. The number of rotatable bonds is 7. The fourth-order valence-electron chi connectivity index (χ4n) is 2.22. The van der Waals surface area contributed by atoms with Gasteiger partial charge in [0.15, 0.2) is 0 Å². The van der Waals surface area contributed by atoms with Gasteiger partial charge in [-0.1, -0.05) is 17.7 Å². The molecule has 0 aliphatic heterocycles. The number of sulfonamides is 1. The van der Waals surface area contributed by atoms with Crippen LogP contribution in [-0.2, 0) is 19.6 Å². The highest BCUT2D eigenvalue weighted by Crippen LogP contribution is 2.26. The molecule has 0 fully saturated rings. The second kappa shape index (κ2) is 8.02. The van der Waals surface area contributed by atoms with E-state index in [1.807, 2.05) is 6.92 Å². The number of benzene rings is 2. The lowest BCUT2D eigenvalue weighted by atomic mass is 10.2. The Bertz CT molecular complexity index is 814. The van der Waals surface area contributed by atoms with Crippen molar-refractivity contribution in [2.24, 2.45) is 0 Å². The van der Waals surface area contributed by atoms with Gasteiger partial charge in [0, 0.05) is 0 Å². The average Bonchev–Trinajstić information content (AvgIpc) is 2.60. The number of aryl methyl sites for hydroxylation is 1. The van der Waals surface area contributed by atoms with Crippen molar-refractivity contribution in [1.29, 1.82) is 0 Å². The maximum absolute atomic E-state index is 13.0. The number of methoxy groups -OCH3 is 1. The van der Waals surface area contributed by atoms with Crippen molar-refractivity contribution in [3.63, 3.8) is 0 Å². The molecule has 0 radical (unpaired) electrons. The molecule has 0 spiro atoms. The standard InChI is InChI=1S/C18H21NO5S/c1-4-24-18(20)13-19(15-7-9-16(23-3)10-8-15)25(21,22)17-11-5-14(2)6-12-17/h5-12H,4,13H2,1-3H3. The van der Waals surface area contributed by atoms with E-state index in [-0.39, 0.29) is 11.5 Å². The van der Waals surface area contributed by atoms with Crippen LogP contribution in [0.15, 0.2) is 53.4 Å². The van der Waals surface area contributed by atoms with Crippen molar-refractivity contribution < 1.29 is 22.7 Å². The molecule has 6 nitrogen and oxygen atoms in total. The molecule has 2 aromatic carbocycles. The molecule has 2 rings (SSSR count). The van der Waals surface area contributed by atoms with Crippen molar-refractivity contribution in [3.05, 3.63) is 54.1 Å². The summed E-state index contributed by atoms with van der Waals surface area (Å²) >= 11 is 0. The minimum absolute atomic E-state index is 0.109. The molecule has 0 amide bonds. The van der Waals surface area contributed by atoms with Crippen molar-refractivity contribution in [2.45, 2.75) is 18.7 Å². The molecule has 0 N–H and O–H groups in total. The Hall–Kier alpha value is -2.54. The van der Waals surface area contributed by atoms with Crippen LogP contribution in [0.2, 0.25) is 0 Å². The number of nitrogens with zero attached hydrogens (tertiary/aromatic N) is 1. The second-order valence-corrected chi connectivity index (χ2v) is 7.19. The zero-order valence-corrected chi connectivity index (χ0v) is 15.2. The summed E-state index contributed by atoms with van der Waals surface area (Å²) < 4.78 is 37.1. The highest BCUT2D eigenvalue weighted by Gasteiger charge is 2.27. The average molecular weight is 363 g/mol. The molecular weight excluding hydrogens is 342 g/mol. The summed E-state index contributed by atoms with van der Waals surface area (Å²) in [6.07, 6.45) is 0. The highest BCUT2D eigenvalue weighted by molar-refractivity contribution is 7.92. The van der Waals surface area contributed by atoms with Crippen LogP contribution < -0.4 is 9.04 Å². The fourth-order valence-corrected chi connectivity index (χ4v) is 3.63. The lowest BCUT2D eigenvalue weighted by molar-refractivity contribution is -0.141. The van der Waals surface area contributed by atoms with Gasteiger partial charge >= 0.3 is 5.97 Å². The Morgan fingerprint density at radius 1 is 1.04 bits per heavy atom. The van der Waals surface area contributed by atoms with Crippen molar-refractivity contribution in [3.8, 4) is 5.75 Å². The molecule has 0 saturated carbocycles. The molecule has 0 unspecified atom stereocenters. The first-order chi connectivity index (χ1) is 11.9. The molecule has 25 heavy (non-hydrogen) atoms. The summed E-state index contributed by atoms with van der Waals surface area (Å²) in [4.78, 5) is 12.0. The van der Waals surface area contributed by atoms with E-state index in [1.54, 1.807) is 43.3 Å². The molecule has 0 bridgehead atoms. The monoisotopic (exact) mass is 363 g/mol. The van der Waals surface area contributed by atoms with Crippen LogP contribution in [0.4, 0.5) is 5.69 Å². The van der Waals surface area contributed by atoms with Crippen LogP contribution in [0.1, 0.15) is 12.5 Å². The summed E-state index contributed by atoms with van der Waals surface area (Å²) in [6.45, 7) is 3.32. The van der Waals surface area contributed by atoms with Gasteiger partial charge < -0.3 is 9.47 Å². The number of hydrogen-bond donors (Lipinski definition) is 0. The zero-order chi connectivity index (χ0) is 18.4. The number of carbonyl (C=O) groups excluding carboxylic acids is 1. The van der Waals surface area contributed by atoms with E-state index >= 15 is 0 Å². The lowest BCUT2D eigenvalue weighted by Gasteiger charge is -2.23. The maximum atomic E-state index is 13.0. The Labute approximate surface area is 148 Å². The summed E-state index contributed by atoms with van der Waals surface area (Å²) in [5, 5.41) is 0. The van der Waals surface area contributed by atoms with Crippen molar-refractivity contribution >= 4 is 21.7 Å². The van der Waals surface area contributed by atoms with Gasteiger partial charge in [0.25, 0.3) is 10.0 Å². The third-order valence-electron chi connectivity index (χ3n) is 3.55. The van der Waals surface area contributed by atoms with Crippen LogP contribution in [0.25, 0.3) is 0 Å². The minimum Gasteiger partial charge on any atom is -0.497 e. The molecule has 0 atom stereocenters. The van der Waals surface area contributed by atoms with E-state index in [0.29, 0.717) is 11.4 Å². The molecule has 134 valence electrons.